The fourth-order valence-corrected chi connectivity index (χ4v) is 5.27. The van der Waals surface area contributed by atoms with Gasteiger partial charge in [0.2, 0.25) is 0 Å². The van der Waals surface area contributed by atoms with Crippen molar-refractivity contribution in [1.29, 1.82) is 0 Å². The van der Waals surface area contributed by atoms with Gasteiger partial charge in [-0.3, -0.25) is 9.59 Å². The summed E-state index contributed by atoms with van der Waals surface area (Å²) in [6, 6.07) is 13.5. The Morgan fingerprint density at radius 1 is 0.871 bits per heavy atom. The maximum Gasteiger partial charge on any atom is 0.272 e. The second-order valence-corrected chi connectivity index (χ2v) is 10.2. The van der Waals surface area contributed by atoms with Crippen LogP contribution in [0.25, 0.3) is 12.2 Å². The molecule has 3 aromatic rings. The predicted octanol–water partition coefficient (Wildman–Crippen LogP) is 3.00. The molecule has 0 saturated carbocycles. The Balaban J connectivity index is 1.62. The van der Waals surface area contributed by atoms with Gasteiger partial charge in [-0.05, 0) is 69.1 Å². The molecule has 0 fully saturated rings. The molecule has 0 aliphatic carbocycles. The number of thioether (sulfide) groups is 1. The van der Waals surface area contributed by atoms with Gasteiger partial charge in [0.05, 0.1) is 4.21 Å². The number of nitrogens with one attached hydrogen (secondary N) is 2. The van der Waals surface area contributed by atoms with Crippen LogP contribution in [0.5, 0.6) is 0 Å². The minimum atomic E-state index is -0.310. The SMILES string of the molecule is CN(C)CCCCCCSc1ccc(/C=c2\[nH]c(=O)/c(=C/c3ccccc3)[nH]c2=O)s1. The number of unbranched alkanes of at least 4 members (excludes halogenated alkanes) is 3. The van der Waals surface area contributed by atoms with E-state index in [4.69, 9.17) is 0 Å². The Morgan fingerprint density at radius 3 is 2.26 bits per heavy atom. The normalized spacial score (nSPS) is 12.7. The molecule has 0 aliphatic heterocycles. The van der Waals surface area contributed by atoms with Crippen LogP contribution >= 0.6 is 23.1 Å². The van der Waals surface area contributed by atoms with Gasteiger partial charge in [-0.25, -0.2) is 0 Å². The van der Waals surface area contributed by atoms with E-state index in [1.54, 1.807) is 23.5 Å². The van der Waals surface area contributed by atoms with Crippen molar-refractivity contribution in [3.8, 4) is 0 Å². The molecule has 0 radical (unpaired) electrons. The van der Waals surface area contributed by atoms with Gasteiger partial charge in [-0.15, -0.1) is 23.1 Å². The zero-order valence-electron chi connectivity index (χ0n) is 18.0. The largest absolute Gasteiger partial charge is 0.316 e. The minimum absolute atomic E-state index is 0.251. The van der Waals surface area contributed by atoms with Crippen LogP contribution in [-0.4, -0.2) is 41.3 Å². The number of aromatic amines is 2. The number of aromatic nitrogens is 2. The molecule has 164 valence electrons. The fourth-order valence-electron chi connectivity index (χ4n) is 3.10. The predicted molar refractivity (Wildman–Crippen MR) is 133 cm³/mol. The first-order valence-corrected chi connectivity index (χ1v) is 12.3. The number of rotatable bonds is 10. The van der Waals surface area contributed by atoms with Crippen molar-refractivity contribution < 1.29 is 0 Å². The van der Waals surface area contributed by atoms with E-state index in [-0.39, 0.29) is 21.8 Å². The van der Waals surface area contributed by atoms with Crippen molar-refractivity contribution in [3.05, 3.63) is 84.3 Å². The molecule has 31 heavy (non-hydrogen) atoms. The lowest BCUT2D eigenvalue weighted by molar-refractivity contribution is 0.391. The molecule has 0 amide bonds. The third-order valence-corrected chi connectivity index (χ3v) is 7.07. The standard InChI is InChI=1S/C24H29N3O2S2/c1-27(2)14-8-3-4-9-15-30-22-13-12-19(31-22)17-21-24(29)25-20(23(28)26-21)16-18-10-6-5-7-11-18/h5-7,10-13,16-17H,3-4,8-9,14-15H2,1-2H3,(H,25,29)(H,26,28)/b20-16-,21-17-. The number of hydrogen-bond acceptors (Lipinski definition) is 5. The van der Waals surface area contributed by atoms with Crippen LogP contribution in [0.4, 0.5) is 0 Å². The maximum atomic E-state index is 12.5. The summed E-state index contributed by atoms with van der Waals surface area (Å²) < 4.78 is 1.23. The summed E-state index contributed by atoms with van der Waals surface area (Å²) in [6.45, 7) is 1.16. The van der Waals surface area contributed by atoms with Crippen molar-refractivity contribution in [1.82, 2.24) is 14.9 Å². The molecule has 0 bridgehead atoms. The maximum absolute atomic E-state index is 12.5. The van der Waals surface area contributed by atoms with Crippen molar-refractivity contribution in [2.45, 2.75) is 29.9 Å². The number of benzene rings is 1. The Bertz CT molecular complexity index is 1190. The van der Waals surface area contributed by atoms with Crippen LogP contribution in [0.2, 0.25) is 0 Å². The monoisotopic (exact) mass is 455 g/mol. The first-order chi connectivity index (χ1) is 15.0. The summed E-state index contributed by atoms with van der Waals surface area (Å²) >= 11 is 3.49. The minimum Gasteiger partial charge on any atom is -0.316 e. The van der Waals surface area contributed by atoms with Crippen LogP contribution in [0.15, 0.2) is 56.3 Å². The summed E-state index contributed by atoms with van der Waals surface area (Å²) in [6.07, 6.45) is 8.41. The first-order valence-electron chi connectivity index (χ1n) is 10.5. The van der Waals surface area contributed by atoms with E-state index in [9.17, 15) is 9.59 Å². The summed E-state index contributed by atoms with van der Waals surface area (Å²) in [7, 11) is 4.23. The highest BCUT2D eigenvalue weighted by Crippen LogP contribution is 2.28. The molecule has 5 nitrogen and oxygen atoms in total. The molecular weight excluding hydrogens is 426 g/mol. The second-order valence-electron chi connectivity index (χ2n) is 7.66. The zero-order chi connectivity index (χ0) is 22.1. The van der Waals surface area contributed by atoms with E-state index in [1.165, 1.54) is 29.9 Å². The van der Waals surface area contributed by atoms with Gasteiger partial charge < -0.3 is 14.9 Å². The highest BCUT2D eigenvalue weighted by molar-refractivity contribution is 8.01. The van der Waals surface area contributed by atoms with Gasteiger partial charge >= 0.3 is 0 Å². The van der Waals surface area contributed by atoms with Crippen molar-refractivity contribution in [3.63, 3.8) is 0 Å². The number of hydrogen-bond donors (Lipinski definition) is 2. The molecular formula is C24H29N3O2S2. The lowest BCUT2D eigenvalue weighted by Gasteiger charge is -2.08. The van der Waals surface area contributed by atoms with Crippen LogP contribution in [0.3, 0.4) is 0 Å². The molecule has 0 saturated heterocycles. The van der Waals surface area contributed by atoms with Gasteiger partial charge in [0.15, 0.2) is 0 Å². The van der Waals surface area contributed by atoms with E-state index in [0.717, 1.165) is 22.7 Å². The molecule has 2 aromatic heterocycles. The number of H-pyrrole nitrogens is 2. The van der Waals surface area contributed by atoms with Crippen LogP contribution in [-0.2, 0) is 0 Å². The number of nitrogens with zero attached hydrogens (tertiary/aromatic N) is 1. The Hall–Kier alpha value is -2.35. The average Bonchev–Trinajstić information content (AvgIpc) is 3.19. The van der Waals surface area contributed by atoms with Crippen LogP contribution in [0, 0.1) is 0 Å². The smallest absolute Gasteiger partial charge is 0.272 e. The lowest BCUT2D eigenvalue weighted by Crippen LogP contribution is -2.46. The van der Waals surface area contributed by atoms with Crippen LogP contribution < -0.4 is 21.8 Å². The van der Waals surface area contributed by atoms with Gasteiger partial charge in [-0.1, -0.05) is 43.2 Å². The molecule has 3 rings (SSSR count). The van der Waals surface area contributed by atoms with Gasteiger partial charge in [0.25, 0.3) is 11.1 Å². The molecule has 0 unspecified atom stereocenters. The van der Waals surface area contributed by atoms with Crippen molar-refractivity contribution in [2.24, 2.45) is 0 Å². The number of thiophene rings is 1. The van der Waals surface area contributed by atoms with E-state index in [1.807, 2.05) is 48.2 Å². The average molecular weight is 456 g/mol. The van der Waals surface area contributed by atoms with Gasteiger partial charge in [0.1, 0.15) is 10.7 Å². The second kappa shape index (κ2) is 11.9. The summed E-state index contributed by atoms with van der Waals surface area (Å²) in [5.41, 5.74) is 0.246. The summed E-state index contributed by atoms with van der Waals surface area (Å²) in [4.78, 5) is 33.4. The lowest BCUT2D eigenvalue weighted by atomic mass is 10.2. The molecule has 0 aliphatic rings. The Labute approximate surface area is 190 Å². The zero-order valence-corrected chi connectivity index (χ0v) is 19.7. The highest BCUT2D eigenvalue weighted by atomic mass is 32.2. The molecule has 0 spiro atoms. The fraction of sp³-hybridized carbons (Fsp3) is 0.333. The van der Waals surface area contributed by atoms with Gasteiger partial charge in [0, 0.05) is 4.88 Å². The highest BCUT2D eigenvalue weighted by Gasteiger charge is 2.02. The van der Waals surface area contributed by atoms with E-state index >= 15 is 0 Å². The summed E-state index contributed by atoms with van der Waals surface area (Å²) in [5.74, 6) is 1.10. The van der Waals surface area contributed by atoms with E-state index < -0.39 is 0 Å². The topological polar surface area (TPSA) is 69.0 Å². The Kier molecular flexibility index (Phi) is 8.94. The van der Waals surface area contributed by atoms with Gasteiger partial charge in [-0.2, -0.15) is 0 Å². The molecule has 0 atom stereocenters. The van der Waals surface area contributed by atoms with Crippen LogP contribution in [0.1, 0.15) is 36.1 Å². The van der Waals surface area contributed by atoms with Crippen molar-refractivity contribution >= 4 is 35.3 Å². The molecule has 7 heteroatoms. The van der Waals surface area contributed by atoms with Crippen molar-refractivity contribution in [2.75, 3.05) is 26.4 Å². The van der Waals surface area contributed by atoms with E-state index in [0.29, 0.717) is 0 Å². The molecule has 1 aromatic carbocycles. The quantitative estimate of drug-likeness (QED) is 0.364. The Morgan fingerprint density at radius 2 is 1.55 bits per heavy atom. The third kappa shape index (κ3) is 7.69. The third-order valence-electron chi connectivity index (χ3n) is 4.73. The summed E-state index contributed by atoms with van der Waals surface area (Å²) in [5, 5.41) is 0.524. The molecule has 2 N–H and O–H groups in total. The van der Waals surface area contributed by atoms with E-state index in [2.05, 4.69) is 35.0 Å². The molecule has 2 heterocycles. The first kappa shape index (κ1) is 23.3.